The number of carbonyl (C=O) groups is 1. The van der Waals surface area contributed by atoms with Gasteiger partial charge in [-0.05, 0) is 61.3 Å². The zero-order valence-corrected chi connectivity index (χ0v) is 20.1. The summed E-state index contributed by atoms with van der Waals surface area (Å²) in [5.74, 6) is -1.25. The molecule has 3 atom stereocenters. The Balaban J connectivity index is 1.66. The molecule has 8 nitrogen and oxygen atoms in total. The number of aromatic nitrogens is 2. The van der Waals surface area contributed by atoms with Crippen LogP contribution in [0.15, 0.2) is 16.9 Å². The fourth-order valence-corrected chi connectivity index (χ4v) is 6.29. The fraction of sp³-hybridized carbons (Fsp3) is 0.444. The molecule has 3 aliphatic rings. The molecule has 0 fully saturated rings. The van der Waals surface area contributed by atoms with Crippen molar-refractivity contribution in [2.75, 3.05) is 6.61 Å². The van der Waals surface area contributed by atoms with Crippen molar-refractivity contribution in [1.29, 1.82) is 0 Å². The first-order valence-electron chi connectivity index (χ1n) is 12.3. The van der Waals surface area contributed by atoms with E-state index in [1.54, 1.807) is 24.5 Å². The third-order valence-corrected chi connectivity index (χ3v) is 8.26. The topological polar surface area (TPSA) is 122 Å². The monoisotopic (exact) mass is 494 g/mol. The van der Waals surface area contributed by atoms with Crippen molar-refractivity contribution in [1.82, 2.24) is 9.55 Å². The average molecular weight is 495 g/mol. The molecule has 36 heavy (non-hydrogen) atoms. The van der Waals surface area contributed by atoms with Crippen LogP contribution in [0.1, 0.15) is 65.5 Å². The lowest BCUT2D eigenvalue weighted by molar-refractivity contribution is -0.172. The van der Waals surface area contributed by atoms with Gasteiger partial charge in [0, 0.05) is 22.6 Å². The number of ether oxygens (including phenoxy) is 1. The number of esters is 1. The Morgan fingerprint density at radius 1 is 1.28 bits per heavy atom. The summed E-state index contributed by atoms with van der Waals surface area (Å²) >= 11 is 0. The Labute approximate surface area is 206 Å². The number of aliphatic hydroxyl groups excluding tert-OH is 2. The Morgan fingerprint density at radius 2 is 2.06 bits per heavy atom. The van der Waals surface area contributed by atoms with E-state index >= 15 is 0 Å². The summed E-state index contributed by atoms with van der Waals surface area (Å²) in [7, 11) is 0. The Bertz CT molecular complexity index is 1530. The molecule has 6 rings (SSSR count). The molecule has 9 heteroatoms. The van der Waals surface area contributed by atoms with Gasteiger partial charge in [0.05, 0.1) is 41.7 Å². The predicted molar refractivity (Wildman–Crippen MR) is 128 cm³/mol. The molecule has 2 aliphatic heterocycles. The second-order valence-corrected chi connectivity index (χ2v) is 10.1. The second kappa shape index (κ2) is 7.93. The van der Waals surface area contributed by atoms with Crippen molar-refractivity contribution in [2.24, 2.45) is 0 Å². The molecule has 0 saturated heterocycles. The highest BCUT2D eigenvalue weighted by atomic mass is 19.1. The Kier molecular flexibility index (Phi) is 5.13. The number of hydrogen-bond donors (Lipinski definition) is 3. The van der Waals surface area contributed by atoms with Gasteiger partial charge in [0.1, 0.15) is 12.4 Å². The van der Waals surface area contributed by atoms with Gasteiger partial charge in [-0.2, -0.15) is 0 Å². The van der Waals surface area contributed by atoms with E-state index in [0.717, 1.165) is 22.1 Å². The SMILES string of the molecule is CC[C@@]1(O)C(=O)OCc2c1cc1n(c2=O)Cc2c-1nc1cc(F)c(C)c3c1c2[C@H](C[C@H](O)CO)CC3. The lowest BCUT2D eigenvalue weighted by Gasteiger charge is -2.31. The van der Waals surface area contributed by atoms with Crippen LogP contribution in [0.5, 0.6) is 0 Å². The van der Waals surface area contributed by atoms with Gasteiger partial charge in [-0.15, -0.1) is 0 Å². The number of nitrogens with zero attached hydrogens (tertiary/aromatic N) is 2. The van der Waals surface area contributed by atoms with E-state index in [2.05, 4.69) is 0 Å². The maximum atomic E-state index is 14.9. The van der Waals surface area contributed by atoms with Crippen LogP contribution in [0, 0.1) is 12.7 Å². The highest BCUT2D eigenvalue weighted by Crippen LogP contribution is 2.47. The number of rotatable bonds is 4. The molecule has 0 saturated carbocycles. The van der Waals surface area contributed by atoms with Crippen LogP contribution in [0.3, 0.4) is 0 Å². The number of halogens is 1. The van der Waals surface area contributed by atoms with Gasteiger partial charge in [-0.25, -0.2) is 14.2 Å². The lowest BCUT2D eigenvalue weighted by atomic mass is 9.76. The molecule has 2 aromatic heterocycles. The van der Waals surface area contributed by atoms with E-state index in [-0.39, 0.29) is 54.6 Å². The number of benzene rings is 1. The number of aliphatic hydroxyl groups is 3. The molecule has 1 aromatic carbocycles. The summed E-state index contributed by atoms with van der Waals surface area (Å²) < 4.78 is 21.6. The number of fused-ring (bicyclic) bond motifs is 5. The van der Waals surface area contributed by atoms with E-state index in [1.807, 2.05) is 0 Å². The Morgan fingerprint density at radius 3 is 2.78 bits per heavy atom. The van der Waals surface area contributed by atoms with E-state index in [4.69, 9.17) is 9.72 Å². The summed E-state index contributed by atoms with van der Waals surface area (Å²) in [6, 6.07) is 3.05. The minimum atomic E-state index is -1.93. The standard InChI is InChI=1S/C27H27FN2O6/c1-3-27(35)18-7-21-24-16(9-30(21)25(33)17(18)11-36-26(27)34)22-13(6-14(32)10-31)4-5-15-12(2)19(28)8-20(29-24)23(15)22/h7-8,13-14,31-32,35H,3-6,9-11H2,1-2H3/t13-,14-,27-/m0/s1. The van der Waals surface area contributed by atoms with Crippen molar-refractivity contribution >= 4 is 16.9 Å². The number of hydrogen-bond acceptors (Lipinski definition) is 7. The average Bonchev–Trinajstić information content (AvgIpc) is 3.24. The Hall–Kier alpha value is -3.14. The molecule has 3 aromatic rings. The highest BCUT2D eigenvalue weighted by Gasteiger charge is 2.46. The molecule has 0 amide bonds. The highest BCUT2D eigenvalue weighted by molar-refractivity contribution is 5.93. The van der Waals surface area contributed by atoms with E-state index in [9.17, 15) is 29.3 Å². The van der Waals surface area contributed by atoms with Gasteiger partial charge in [0.2, 0.25) is 0 Å². The van der Waals surface area contributed by atoms with Gasteiger partial charge >= 0.3 is 5.97 Å². The van der Waals surface area contributed by atoms with Crippen LogP contribution >= 0.6 is 0 Å². The maximum absolute atomic E-state index is 14.9. The van der Waals surface area contributed by atoms with Crippen LogP contribution in [0.25, 0.3) is 22.3 Å². The molecule has 3 N–H and O–H groups in total. The molecule has 4 heterocycles. The van der Waals surface area contributed by atoms with E-state index in [1.165, 1.54) is 6.07 Å². The third kappa shape index (κ3) is 2.99. The van der Waals surface area contributed by atoms with Gasteiger partial charge in [-0.1, -0.05) is 6.92 Å². The molecular formula is C27H27FN2O6. The van der Waals surface area contributed by atoms with E-state index < -0.39 is 17.7 Å². The number of aryl methyl sites for hydroxylation is 1. The zero-order valence-electron chi connectivity index (χ0n) is 20.1. The molecule has 0 unspecified atom stereocenters. The van der Waals surface area contributed by atoms with Crippen LogP contribution < -0.4 is 5.56 Å². The van der Waals surface area contributed by atoms with Gasteiger partial charge in [-0.3, -0.25) is 4.79 Å². The minimum Gasteiger partial charge on any atom is -0.458 e. The third-order valence-electron chi connectivity index (χ3n) is 8.26. The molecule has 188 valence electrons. The first-order chi connectivity index (χ1) is 17.2. The first kappa shape index (κ1) is 23.3. The summed E-state index contributed by atoms with van der Waals surface area (Å²) in [5.41, 5.74) is 2.80. The molecule has 0 bridgehead atoms. The fourth-order valence-electron chi connectivity index (χ4n) is 6.29. The minimum absolute atomic E-state index is 0.0416. The first-order valence-corrected chi connectivity index (χ1v) is 12.3. The van der Waals surface area contributed by atoms with Crippen LogP contribution in [-0.4, -0.2) is 43.6 Å². The molecule has 0 radical (unpaired) electrons. The number of pyridine rings is 2. The summed E-state index contributed by atoms with van der Waals surface area (Å²) in [6.45, 7) is 3.05. The van der Waals surface area contributed by atoms with Crippen LogP contribution in [0.2, 0.25) is 0 Å². The van der Waals surface area contributed by atoms with Crippen LogP contribution in [-0.2, 0) is 34.7 Å². The van der Waals surface area contributed by atoms with Gasteiger partial charge in [0.25, 0.3) is 5.56 Å². The van der Waals surface area contributed by atoms with Crippen molar-refractivity contribution in [3.63, 3.8) is 0 Å². The molecule has 0 spiro atoms. The summed E-state index contributed by atoms with van der Waals surface area (Å²) in [5, 5.41) is 31.7. The molecule has 1 aliphatic carbocycles. The van der Waals surface area contributed by atoms with Crippen molar-refractivity contribution in [2.45, 2.75) is 70.3 Å². The second-order valence-electron chi connectivity index (χ2n) is 10.1. The number of carbonyl (C=O) groups excluding carboxylic acids is 1. The maximum Gasteiger partial charge on any atom is 0.343 e. The zero-order chi connectivity index (χ0) is 25.5. The normalized spacial score (nSPS) is 22.7. The number of cyclic esters (lactones) is 1. The summed E-state index contributed by atoms with van der Waals surface area (Å²) in [4.78, 5) is 30.8. The van der Waals surface area contributed by atoms with E-state index in [0.29, 0.717) is 41.7 Å². The van der Waals surface area contributed by atoms with Crippen molar-refractivity contribution in [3.05, 3.63) is 61.7 Å². The quantitative estimate of drug-likeness (QED) is 0.372. The van der Waals surface area contributed by atoms with Crippen molar-refractivity contribution in [3.8, 4) is 11.4 Å². The van der Waals surface area contributed by atoms with Crippen molar-refractivity contribution < 1.29 is 29.2 Å². The largest absolute Gasteiger partial charge is 0.458 e. The molecular weight excluding hydrogens is 467 g/mol. The smallest absolute Gasteiger partial charge is 0.343 e. The van der Waals surface area contributed by atoms with Crippen LogP contribution in [0.4, 0.5) is 4.39 Å². The van der Waals surface area contributed by atoms with Gasteiger partial charge in [0.15, 0.2) is 5.60 Å². The van der Waals surface area contributed by atoms with Gasteiger partial charge < -0.3 is 24.6 Å². The predicted octanol–water partition coefficient (Wildman–Crippen LogP) is 2.30. The lowest BCUT2D eigenvalue weighted by Crippen LogP contribution is -2.44. The summed E-state index contributed by atoms with van der Waals surface area (Å²) in [6.07, 6.45) is 0.760.